The molecule has 0 saturated heterocycles. The Morgan fingerprint density at radius 3 is 2.60 bits per heavy atom. The van der Waals surface area contributed by atoms with Crippen molar-refractivity contribution in [3.05, 3.63) is 99.3 Å². The molecule has 2 N–H and O–H groups in total. The van der Waals surface area contributed by atoms with Crippen LogP contribution in [0.15, 0.2) is 60.7 Å². The number of benzene rings is 3. The summed E-state index contributed by atoms with van der Waals surface area (Å²) in [6, 6.07) is 15.7. The number of amides is 2. The summed E-state index contributed by atoms with van der Waals surface area (Å²) < 4.78 is 20.9. The average molecular weight is 493 g/mol. The number of ether oxygens (including phenoxy) is 1. The maximum atomic E-state index is 14.8. The van der Waals surface area contributed by atoms with Crippen LogP contribution in [-0.2, 0) is 17.6 Å². The van der Waals surface area contributed by atoms with Crippen LogP contribution in [0.2, 0.25) is 5.02 Å². The van der Waals surface area contributed by atoms with Gasteiger partial charge in [0.25, 0.3) is 5.91 Å². The van der Waals surface area contributed by atoms with Gasteiger partial charge in [-0.25, -0.2) is 4.39 Å². The van der Waals surface area contributed by atoms with Crippen LogP contribution in [0.25, 0.3) is 0 Å². The van der Waals surface area contributed by atoms with E-state index in [4.69, 9.17) is 22.1 Å². The van der Waals surface area contributed by atoms with Crippen LogP contribution in [0.3, 0.4) is 0 Å². The number of carbonyl (C=O) groups is 2. The van der Waals surface area contributed by atoms with Crippen LogP contribution >= 0.6 is 11.6 Å². The number of rotatable bonds is 5. The van der Waals surface area contributed by atoms with Crippen molar-refractivity contribution >= 4 is 23.4 Å². The van der Waals surface area contributed by atoms with Gasteiger partial charge >= 0.3 is 0 Å². The van der Waals surface area contributed by atoms with E-state index in [-0.39, 0.29) is 5.02 Å². The number of halogens is 2. The van der Waals surface area contributed by atoms with Gasteiger partial charge in [0.05, 0.1) is 11.6 Å². The lowest BCUT2D eigenvalue weighted by atomic mass is 9.96. The Morgan fingerprint density at radius 1 is 1.14 bits per heavy atom. The molecule has 0 spiro atoms. The molecule has 2 amide bonds. The van der Waals surface area contributed by atoms with E-state index in [0.29, 0.717) is 47.3 Å². The molecular formula is C28H26ClFN2O3. The minimum atomic E-state index is -1.06. The van der Waals surface area contributed by atoms with E-state index in [1.165, 1.54) is 11.0 Å². The number of carbonyl (C=O) groups excluding carboxylic acids is 2. The molecule has 180 valence electrons. The first kappa shape index (κ1) is 23.4. The van der Waals surface area contributed by atoms with Crippen molar-refractivity contribution in [2.75, 3.05) is 0 Å². The van der Waals surface area contributed by atoms with Crippen molar-refractivity contribution in [2.45, 2.75) is 50.8 Å². The summed E-state index contributed by atoms with van der Waals surface area (Å²) in [4.78, 5) is 28.7. The lowest BCUT2D eigenvalue weighted by molar-refractivity contribution is -0.123. The highest BCUT2D eigenvalue weighted by Gasteiger charge is 2.42. The summed E-state index contributed by atoms with van der Waals surface area (Å²) >= 11 is 6.21. The topological polar surface area (TPSA) is 72.6 Å². The molecule has 1 unspecified atom stereocenters. The fraction of sp³-hybridized carbons (Fsp3) is 0.286. The molecule has 1 aliphatic heterocycles. The third-order valence-corrected chi connectivity index (χ3v) is 6.99. The Hall–Kier alpha value is -3.38. The summed E-state index contributed by atoms with van der Waals surface area (Å²) in [6.07, 6.45) is 1.52. The summed E-state index contributed by atoms with van der Waals surface area (Å²) in [5.41, 5.74) is 8.43. The minimum Gasteiger partial charge on any atom is -0.486 e. The van der Waals surface area contributed by atoms with Gasteiger partial charge in [0.15, 0.2) is 0 Å². The molecule has 0 saturated carbocycles. The molecule has 3 aromatic carbocycles. The van der Waals surface area contributed by atoms with Gasteiger partial charge in [0, 0.05) is 11.4 Å². The Labute approximate surface area is 208 Å². The van der Waals surface area contributed by atoms with Crippen LogP contribution in [0.5, 0.6) is 5.75 Å². The number of nitrogens with zero attached hydrogens (tertiary/aromatic N) is 1. The van der Waals surface area contributed by atoms with E-state index in [0.717, 1.165) is 5.56 Å². The molecule has 0 aromatic heterocycles. The van der Waals surface area contributed by atoms with Crippen LogP contribution < -0.4 is 10.5 Å². The Morgan fingerprint density at radius 2 is 1.89 bits per heavy atom. The standard InChI is InChI=1S/C28H26ClFN2O3/c1-28(2)15-17-9-6-10-20(25(17)35-28)27(34)32(24(26(31)33)16-7-4-3-5-8-16)23-12-11-19-21(23)13-18(29)14-22(19)30/h3-10,13-14,23-24H,11-12,15H2,1-2H3,(H2,31,33)/t23-,24?/m1/s1. The molecule has 0 radical (unpaired) electrons. The lowest BCUT2D eigenvalue weighted by Gasteiger charge is -2.36. The smallest absolute Gasteiger partial charge is 0.259 e. The molecule has 5 nitrogen and oxygen atoms in total. The maximum absolute atomic E-state index is 14.8. The first-order valence-corrected chi connectivity index (χ1v) is 12.0. The molecule has 0 fully saturated rings. The van der Waals surface area contributed by atoms with Gasteiger partial charge in [0.2, 0.25) is 5.91 Å². The number of hydrogen-bond donors (Lipinski definition) is 1. The molecule has 7 heteroatoms. The summed E-state index contributed by atoms with van der Waals surface area (Å²) in [5, 5.41) is 0.238. The predicted octanol–water partition coefficient (Wildman–Crippen LogP) is 5.55. The molecule has 2 atom stereocenters. The highest BCUT2D eigenvalue weighted by atomic mass is 35.5. The fourth-order valence-electron chi connectivity index (χ4n) is 5.37. The first-order chi connectivity index (χ1) is 16.7. The van der Waals surface area contributed by atoms with Crippen molar-refractivity contribution < 1.29 is 18.7 Å². The largest absolute Gasteiger partial charge is 0.486 e. The summed E-state index contributed by atoms with van der Waals surface area (Å²) in [5.74, 6) is -0.970. The molecule has 0 bridgehead atoms. The van der Waals surface area contributed by atoms with Crippen LogP contribution in [-0.4, -0.2) is 22.3 Å². The van der Waals surface area contributed by atoms with Crippen LogP contribution in [0.4, 0.5) is 4.39 Å². The average Bonchev–Trinajstić information content (AvgIpc) is 3.36. The normalized spacial score (nSPS) is 18.3. The third-order valence-electron chi connectivity index (χ3n) is 6.78. The van der Waals surface area contributed by atoms with Crippen molar-refractivity contribution in [1.82, 2.24) is 4.90 Å². The highest BCUT2D eigenvalue weighted by molar-refractivity contribution is 6.30. The van der Waals surface area contributed by atoms with Gasteiger partial charge in [-0.1, -0.05) is 54.1 Å². The monoisotopic (exact) mass is 492 g/mol. The second-order valence-corrected chi connectivity index (χ2v) is 10.2. The van der Waals surface area contributed by atoms with Crippen molar-refractivity contribution in [2.24, 2.45) is 5.73 Å². The second kappa shape index (κ2) is 8.68. The molecular weight excluding hydrogens is 467 g/mol. The van der Waals surface area contributed by atoms with E-state index in [2.05, 4.69) is 0 Å². The van der Waals surface area contributed by atoms with Gasteiger partial charge in [-0.2, -0.15) is 0 Å². The highest BCUT2D eigenvalue weighted by Crippen LogP contribution is 2.45. The zero-order chi connectivity index (χ0) is 24.9. The number of nitrogens with two attached hydrogens (primary N) is 1. The van der Waals surface area contributed by atoms with Crippen molar-refractivity contribution in [3.8, 4) is 5.75 Å². The van der Waals surface area contributed by atoms with Crippen LogP contribution in [0, 0.1) is 5.82 Å². The quantitative estimate of drug-likeness (QED) is 0.507. The van der Waals surface area contributed by atoms with Crippen molar-refractivity contribution in [1.29, 1.82) is 0 Å². The van der Waals surface area contributed by atoms with Gasteiger partial charge in [-0.05, 0) is 67.1 Å². The van der Waals surface area contributed by atoms with E-state index in [1.54, 1.807) is 36.4 Å². The zero-order valence-corrected chi connectivity index (χ0v) is 20.3. The van der Waals surface area contributed by atoms with E-state index in [9.17, 15) is 14.0 Å². The summed E-state index contributed by atoms with van der Waals surface area (Å²) in [7, 11) is 0. The Kier molecular flexibility index (Phi) is 5.80. The fourth-order valence-corrected chi connectivity index (χ4v) is 5.58. The van der Waals surface area contributed by atoms with Gasteiger partial charge in [-0.15, -0.1) is 0 Å². The SMILES string of the molecule is CC1(C)Cc2cccc(C(=O)N(C(C(N)=O)c3ccccc3)[C@@H]3CCc4c(F)cc(Cl)cc43)c2O1. The van der Waals surface area contributed by atoms with E-state index < -0.39 is 35.3 Å². The van der Waals surface area contributed by atoms with Gasteiger partial charge in [0.1, 0.15) is 23.2 Å². The van der Waals surface area contributed by atoms with Gasteiger partial charge in [-0.3, -0.25) is 9.59 Å². The molecule has 1 aliphatic carbocycles. The third kappa shape index (κ3) is 4.16. The first-order valence-electron chi connectivity index (χ1n) is 11.6. The van der Waals surface area contributed by atoms with Gasteiger partial charge < -0.3 is 15.4 Å². The zero-order valence-electron chi connectivity index (χ0n) is 19.6. The second-order valence-electron chi connectivity index (χ2n) is 9.77. The van der Waals surface area contributed by atoms with Crippen molar-refractivity contribution in [3.63, 3.8) is 0 Å². The number of para-hydroxylation sites is 1. The number of fused-ring (bicyclic) bond motifs is 2. The molecule has 3 aromatic rings. The predicted molar refractivity (Wildman–Crippen MR) is 132 cm³/mol. The number of hydrogen-bond acceptors (Lipinski definition) is 3. The Bertz CT molecular complexity index is 1330. The molecule has 2 aliphatic rings. The lowest BCUT2D eigenvalue weighted by Crippen LogP contribution is -2.43. The minimum absolute atomic E-state index is 0.238. The van der Waals surface area contributed by atoms with E-state index >= 15 is 0 Å². The Balaban J connectivity index is 1.68. The molecule has 1 heterocycles. The van der Waals surface area contributed by atoms with E-state index in [1.807, 2.05) is 32.0 Å². The number of primary amides is 1. The van der Waals surface area contributed by atoms with Crippen LogP contribution in [0.1, 0.15) is 65.0 Å². The maximum Gasteiger partial charge on any atom is 0.259 e. The molecule has 5 rings (SSSR count). The summed E-state index contributed by atoms with van der Waals surface area (Å²) in [6.45, 7) is 3.93. The molecule has 35 heavy (non-hydrogen) atoms.